The topological polar surface area (TPSA) is 82.6 Å². The van der Waals surface area contributed by atoms with Gasteiger partial charge in [-0.1, -0.05) is 78.1 Å². The summed E-state index contributed by atoms with van der Waals surface area (Å²) in [5.41, 5.74) is 4.64. The molecular formula is C30H26N2O4S. The van der Waals surface area contributed by atoms with Crippen molar-refractivity contribution in [2.75, 3.05) is 14.2 Å². The summed E-state index contributed by atoms with van der Waals surface area (Å²) in [4.78, 5) is 29.2. The third kappa shape index (κ3) is 5.27. The molecule has 186 valence electrons. The summed E-state index contributed by atoms with van der Waals surface area (Å²) >= 11 is 1.02. The molecule has 0 radical (unpaired) electrons. The zero-order chi connectivity index (χ0) is 25.9. The van der Waals surface area contributed by atoms with Crippen molar-refractivity contribution in [1.82, 2.24) is 9.88 Å². The normalized spacial score (nSPS) is 11.0. The molecule has 0 unspecified atom stereocenters. The molecule has 0 saturated heterocycles. The van der Waals surface area contributed by atoms with Gasteiger partial charge in [0.2, 0.25) is 5.88 Å². The Morgan fingerprint density at radius 1 is 0.919 bits per heavy atom. The van der Waals surface area contributed by atoms with Gasteiger partial charge in [0, 0.05) is 20.0 Å². The van der Waals surface area contributed by atoms with Crippen LogP contribution in [0.4, 0.5) is 0 Å². The lowest BCUT2D eigenvalue weighted by Gasteiger charge is -2.20. The molecule has 2 N–H and O–H groups in total. The van der Waals surface area contributed by atoms with E-state index < -0.39 is 0 Å². The van der Waals surface area contributed by atoms with Crippen molar-refractivity contribution >= 4 is 28.0 Å². The van der Waals surface area contributed by atoms with Crippen LogP contribution in [-0.2, 0) is 13.0 Å². The second kappa shape index (κ2) is 10.3. The fourth-order valence-corrected chi connectivity index (χ4v) is 5.19. The second-order valence-electron chi connectivity index (χ2n) is 8.92. The van der Waals surface area contributed by atoms with Gasteiger partial charge in [0.15, 0.2) is 0 Å². The number of methoxy groups -OCH3 is 1. The van der Waals surface area contributed by atoms with Crippen molar-refractivity contribution in [2.24, 2.45) is 0 Å². The van der Waals surface area contributed by atoms with Crippen molar-refractivity contribution in [3.05, 3.63) is 116 Å². The first-order valence-corrected chi connectivity index (χ1v) is 12.6. The number of rotatable bonds is 7. The van der Waals surface area contributed by atoms with E-state index in [1.807, 2.05) is 78.9 Å². The standard InChI is InChI=1S/C30H26N2O4S/c1-32(29(34)25-16-23-7-3-4-8-24(23)17-26(25)36-2)18-20-6-5-9-22(14-20)21-12-10-19(11-13-21)15-27-28(33)31-30(35)37-27/h3-14,16-17,33H,15,18H2,1-2H3,(H,31,35). The van der Waals surface area contributed by atoms with Gasteiger partial charge in [-0.3, -0.25) is 14.6 Å². The molecule has 1 amide bonds. The Morgan fingerprint density at radius 2 is 1.65 bits per heavy atom. The van der Waals surface area contributed by atoms with Gasteiger partial charge in [0.1, 0.15) is 5.75 Å². The van der Waals surface area contributed by atoms with Crippen LogP contribution < -0.4 is 9.61 Å². The van der Waals surface area contributed by atoms with E-state index in [1.165, 1.54) is 0 Å². The van der Waals surface area contributed by atoms with Crippen molar-refractivity contribution in [3.8, 4) is 22.8 Å². The molecule has 0 fully saturated rings. The Morgan fingerprint density at radius 3 is 2.32 bits per heavy atom. The fraction of sp³-hybridized carbons (Fsp3) is 0.133. The van der Waals surface area contributed by atoms with Gasteiger partial charge < -0.3 is 14.7 Å². The number of carbonyl (C=O) groups is 1. The molecule has 7 heteroatoms. The maximum Gasteiger partial charge on any atom is 0.307 e. The van der Waals surface area contributed by atoms with Gasteiger partial charge in [-0.05, 0) is 51.2 Å². The first-order chi connectivity index (χ1) is 17.9. The summed E-state index contributed by atoms with van der Waals surface area (Å²) in [5.74, 6) is 0.393. The zero-order valence-electron chi connectivity index (χ0n) is 20.5. The van der Waals surface area contributed by atoms with E-state index in [9.17, 15) is 14.7 Å². The number of nitrogens with zero attached hydrogens (tertiary/aromatic N) is 1. The van der Waals surface area contributed by atoms with Crippen LogP contribution >= 0.6 is 11.3 Å². The Kier molecular flexibility index (Phi) is 6.79. The molecule has 1 aromatic heterocycles. The Balaban J connectivity index is 1.32. The van der Waals surface area contributed by atoms with Gasteiger partial charge in [-0.25, -0.2) is 0 Å². The number of thiazole rings is 1. The number of carbonyl (C=O) groups excluding carboxylic acids is 1. The number of H-pyrrole nitrogens is 1. The van der Waals surface area contributed by atoms with Crippen LogP contribution in [0.15, 0.2) is 89.7 Å². The summed E-state index contributed by atoms with van der Waals surface area (Å²) in [6, 6.07) is 27.9. The molecule has 0 spiro atoms. The maximum atomic E-state index is 13.3. The van der Waals surface area contributed by atoms with E-state index in [1.54, 1.807) is 19.1 Å². The third-order valence-corrected chi connectivity index (χ3v) is 7.22. The molecular weight excluding hydrogens is 484 g/mol. The highest BCUT2D eigenvalue weighted by Crippen LogP contribution is 2.28. The highest BCUT2D eigenvalue weighted by atomic mass is 32.1. The van der Waals surface area contributed by atoms with E-state index >= 15 is 0 Å². The quantitative estimate of drug-likeness (QED) is 0.288. The number of hydrogen-bond donors (Lipinski definition) is 2. The van der Waals surface area contributed by atoms with E-state index in [0.29, 0.717) is 29.2 Å². The highest BCUT2D eigenvalue weighted by molar-refractivity contribution is 7.09. The van der Waals surface area contributed by atoms with Crippen molar-refractivity contribution in [2.45, 2.75) is 13.0 Å². The van der Waals surface area contributed by atoms with Crippen LogP contribution in [0.2, 0.25) is 0 Å². The smallest absolute Gasteiger partial charge is 0.307 e. The predicted molar refractivity (Wildman–Crippen MR) is 148 cm³/mol. The minimum atomic E-state index is -0.261. The fourth-order valence-electron chi connectivity index (χ4n) is 4.43. The molecule has 5 aromatic rings. The van der Waals surface area contributed by atoms with Crippen LogP contribution in [0.5, 0.6) is 11.6 Å². The number of ether oxygens (including phenoxy) is 1. The average molecular weight is 511 g/mol. The zero-order valence-corrected chi connectivity index (χ0v) is 21.3. The van der Waals surface area contributed by atoms with Gasteiger partial charge in [-0.15, -0.1) is 0 Å². The molecule has 0 aliphatic heterocycles. The number of aromatic amines is 1. The number of fused-ring (bicyclic) bond motifs is 1. The minimum Gasteiger partial charge on any atom is -0.496 e. The number of aromatic nitrogens is 1. The van der Waals surface area contributed by atoms with Gasteiger partial charge in [0.05, 0.1) is 17.6 Å². The number of benzene rings is 4. The summed E-state index contributed by atoms with van der Waals surface area (Å²) in [6.07, 6.45) is 0.487. The molecule has 0 aliphatic rings. The molecule has 0 saturated carbocycles. The lowest BCUT2D eigenvalue weighted by atomic mass is 10.0. The van der Waals surface area contributed by atoms with Crippen LogP contribution in [0.25, 0.3) is 21.9 Å². The molecule has 0 bridgehead atoms. The minimum absolute atomic E-state index is 0.0632. The Labute approximate surface area is 218 Å². The van der Waals surface area contributed by atoms with Crippen molar-refractivity contribution in [3.63, 3.8) is 0 Å². The number of amides is 1. The summed E-state index contributed by atoms with van der Waals surface area (Å²) in [5, 5.41) is 11.9. The lowest BCUT2D eigenvalue weighted by Crippen LogP contribution is -2.26. The lowest BCUT2D eigenvalue weighted by molar-refractivity contribution is 0.0782. The molecule has 5 rings (SSSR count). The van der Waals surface area contributed by atoms with Crippen molar-refractivity contribution < 1.29 is 14.6 Å². The van der Waals surface area contributed by atoms with Crippen LogP contribution in [0, 0.1) is 0 Å². The molecule has 4 aromatic carbocycles. The van der Waals surface area contributed by atoms with Crippen molar-refractivity contribution in [1.29, 1.82) is 0 Å². The first-order valence-electron chi connectivity index (χ1n) is 11.8. The number of hydrogen-bond acceptors (Lipinski definition) is 5. The van der Waals surface area contributed by atoms with Gasteiger partial charge in [-0.2, -0.15) is 0 Å². The monoisotopic (exact) mass is 510 g/mol. The molecule has 0 atom stereocenters. The second-order valence-corrected chi connectivity index (χ2v) is 9.99. The van der Waals surface area contributed by atoms with E-state index in [4.69, 9.17) is 4.74 Å². The number of aromatic hydroxyl groups is 1. The summed E-state index contributed by atoms with van der Waals surface area (Å²) < 4.78 is 5.53. The van der Waals surface area contributed by atoms with Crippen LogP contribution in [0.1, 0.15) is 26.4 Å². The average Bonchev–Trinajstić information content (AvgIpc) is 3.23. The highest BCUT2D eigenvalue weighted by Gasteiger charge is 2.18. The largest absolute Gasteiger partial charge is 0.496 e. The number of nitrogens with one attached hydrogen (secondary N) is 1. The SMILES string of the molecule is COc1cc2ccccc2cc1C(=O)N(C)Cc1cccc(-c2ccc(Cc3sc(=O)[nH]c3O)cc2)c1. The van der Waals surface area contributed by atoms with Crippen LogP contribution in [-0.4, -0.2) is 35.1 Å². The van der Waals surface area contributed by atoms with Crippen LogP contribution in [0.3, 0.4) is 0 Å². The first kappa shape index (κ1) is 24.3. The van der Waals surface area contributed by atoms with Gasteiger partial charge in [0.25, 0.3) is 5.91 Å². The molecule has 37 heavy (non-hydrogen) atoms. The molecule has 1 heterocycles. The van der Waals surface area contributed by atoms with E-state index in [0.717, 1.165) is 44.4 Å². The summed E-state index contributed by atoms with van der Waals surface area (Å²) in [7, 11) is 3.38. The van der Waals surface area contributed by atoms with Gasteiger partial charge >= 0.3 is 4.87 Å². The maximum absolute atomic E-state index is 13.3. The summed E-state index contributed by atoms with van der Waals surface area (Å²) in [6.45, 7) is 0.451. The Hall–Kier alpha value is -4.36. The predicted octanol–water partition coefficient (Wildman–Crippen LogP) is 5.83. The third-order valence-electron chi connectivity index (χ3n) is 6.34. The van der Waals surface area contributed by atoms with E-state index in [2.05, 4.69) is 11.1 Å². The van der Waals surface area contributed by atoms with E-state index in [-0.39, 0.29) is 16.7 Å². The Bertz CT molecular complexity index is 1640. The molecule has 6 nitrogen and oxygen atoms in total. The molecule has 0 aliphatic carbocycles.